The topological polar surface area (TPSA) is 59.2 Å². The monoisotopic (exact) mass is 383 g/mol. The molecule has 1 amide bonds. The van der Waals surface area contributed by atoms with E-state index < -0.39 is 0 Å². The molecule has 0 radical (unpaired) electrons. The molecule has 1 aromatic carbocycles. The number of carbonyl (C=O) groups is 1. The summed E-state index contributed by atoms with van der Waals surface area (Å²) in [6, 6.07) is 5.19. The fourth-order valence-corrected chi connectivity index (χ4v) is 3.00. The van der Waals surface area contributed by atoms with Crippen LogP contribution in [0.1, 0.15) is 62.9 Å². The zero-order chi connectivity index (χ0) is 18.6. The predicted molar refractivity (Wildman–Crippen MR) is 99.0 cm³/mol. The summed E-state index contributed by atoms with van der Waals surface area (Å²) in [4.78, 5) is 18.4. The van der Waals surface area contributed by atoms with Gasteiger partial charge in [0.05, 0.1) is 6.04 Å². The molecule has 0 bridgehead atoms. The van der Waals surface area contributed by atoms with Gasteiger partial charge in [-0.05, 0) is 31.0 Å². The minimum absolute atomic E-state index is 0.0436. The van der Waals surface area contributed by atoms with Crippen molar-refractivity contribution >= 4 is 29.1 Å². The Labute approximate surface area is 158 Å². The lowest BCUT2D eigenvalue weighted by molar-refractivity contribution is -0.131. The van der Waals surface area contributed by atoms with Crippen molar-refractivity contribution in [2.24, 2.45) is 0 Å². The summed E-state index contributed by atoms with van der Waals surface area (Å²) in [6.45, 7) is 5.97. The van der Waals surface area contributed by atoms with Gasteiger partial charge >= 0.3 is 0 Å². The summed E-state index contributed by atoms with van der Waals surface area (Å²) in [5.41, 5.74) is 0.875. The molecule has 1 aromatic heterocycles. The highest BCUT2D eigenvalue weighted by atomic mass is 35.5. The molecule has 0 fully saturated rings. The molecule has 0 saturated heterocycles. The Morgan fingerprint density at radius 1 is 1.28 bits per heavy atom. The first-order chi connectivity index (χ1) is 11.8. The van der Waals surface area contributed by atoms with E-state index in [9.17, 15) is 4.79 Å². The maximum atomic E-state index is 12.4. The Morgan fingerprint density at radius 3 is 2.60 bits per heavy atom. The molecule has 7 heteroatoms. The van der Waals surface area contributed by atoms with E-state index in [-0.39, 0.29) is 17.9 Å². The van der Waals surface area contributed by atoms with Gasteiger partial charge in [-0.1, -0.05) is 48.3 Å². The standard InChI is InChI=1S/C18H23Cl2N3O2/c1-11(2)18-21-16(25-22-18)6-5-7-17(24)23(4)12(3)14-9-8-13(19)10-15(14)20/h8-12H,5-7H2,1-4H3. The summed E-state index contributed by atoms with van der Waals surface area (Å²) in [5, 5.41) is 5.07. The molecule has 136 valence electrons. The van der Waals surface area contributed by atoms with Crippen molar-refractivity contribution in [2.75, 3.05) is 7.05 Å². The summed E-state index contributed by atoms with van der Waals surface area (Å²) in [6.07, 6.45) is 1.66. The first-order valence-corrected chi connectivity index (χ1v) is 9.08. The summed E-state index contributed by atoms with van der Waals surface area (Å²) in [7, 11) is 1.78. The van der Waals surface area contributed by atoms with Gasteiger partial charge in [0.15, 0.2) is 5.82 Å². The van der Waals surface area contributed by atoms with Gasteiger partial charge in [0.25, 0.3) is 0 Å². The lowest BCUT2D eigenvalue weighted by atomic mass is 10.1. The second-order valence-corrected chi connectivity index (χ2v) is 7.24. The quantitative estimate of drug-likeness (QED) is 0.671. The van der Waals surface area contributed by atoms with Gasteiger partial charge < -0.3 is 9.42 Å². The highest BCUT2D eigenvalue weighted by molar-refractivity contribution is 6.35. The highest BCUT2D eigenvalue weighted by Crippen LogP contribution is 2.29. The van der Waals surface area contributed by atoms with Crippen LogP contribution in [0.2, 0.25) is 10.0 Å². The van der Waals surface area contributed by atoms with Crippen LogP contribution in [0.5, 0.6) is 0 Å². The molecule has 1 atom stereocenters. The molecular weight excluding hydrogens is 361 g/mol. The SMILES string of the molecule is CC(C)c1noc(CCCC(=O)N(C)C(C)c2ccc(Cl)cc2Cl)n1. The molecule has 0 N–H and O–H groups in total. The van der Waals surface area contributed by atoms with Crippen molar-refractivity contribution in [2.45, 2.75) is 52.0 Å². The number of benzene rings is 1. The van der Waals surface area contributed by atoms with Crippen LogP contribution in [-0.4, -0.2) is 28.0 Å². The fraction of sp³-hybridized carbons (Fsp3) is 0.500. The maximum Gasteiger partial charge on any atom is 0.226 e. The van der Waals surface area contributed by atoms with Crippen LogP contribution in [0.25, 0.3) is 0 Å². The third kappa shape index (κ3) is 5.19. The Bertz CT molecular complexity index is 731. The van der Waals surface area contributed by atoms with Gasteiger partial charge in [0.2, 0.25) is 11.8 Å². The van der Waals surface area contributed by atoms with E-state index in [4.69, 9.17) is 27.7 Å². The van der Waals surface area contributed by atoms with Gasteiger partial charge in [-0.15, -0.1) is 0 Å². The molecule has 2 rings (SSSR count). The van der Waals surface area contributed by atoms with E-state index in [1.807, 2.05) is 26.8 Å². The number of aromatic nitrogens is 2. The fourth-order valence-electron chi connectivity index (χ4n) is 2.44. The van der Waals surface area contributed by atoms with Crippen LogP contribution < -0.4 is 0 Å². The van der Waals surface area contributed by atoms with Crippen molar-refractivity contribution in [3.05, 3.63) is 45.5 Å². The number of hydrogen-bond donors (Lipinski definition) is 0. The first kappa shape index (κ1) is 19.7. The van der Waals surface area contributed by atoms with E-state index in [0.29, 0.717) is 41.0 Å². The molecule has 0 aliphatic carbocycles. The summed E-state index contributed by atoms with van der Waals surface area (Å²) < 4.78 is 5.20. The smallest absolute Gasteiger partial charge is 0.226 e. The lowest BCUT2D eigenvalue weighted by Gasteiger charge is -2.26. The van der Waals surface area contributed by atoms with Crippen LogP contribution in [0.15, 0.2) is 22.7 Å². The van der Waals surface area contributed by atoms with Crippen molar-refractivity contribution in [1.82, 2.24) is 15.0 Å². The first-order valence-electron chi connectivity index (χ1n) is 8.32. The van der Waals surface area contributed by atoms with Gasteiger partial charge in [-0.2, -0.15) is 4.98 Å². The third-order valence-electron chi connectivity index (χ3n) is 4.17. The molecule has 0 aliphatic heterocycles. The maximum absolute atomic E-state index is 12.4. The lowest BCUT2D eigenvalue weighted by Crippen LogP contribution is -2.29. The number of rotatable bonds is 7. The van der Waals surface area contributed by atoms with Gasteiger partial charge in [0.1, 0.15) is 0 Å². The number of halogens is 2. The molecule has 0 aliphatic rings. The zero-order valence-electron chi connectivity index (χ0n) is 14.9. The van der Waals surface area contributed by atoms with E-state index >= 15 is 0 Å². The van der Waals surface area contributed by atoms with Crippen molar-refractivity contribution < 1.29 is 9.32 Å². The molecular formula is C18H23Cl2N3O2. The normalized spacial score (nSPS) is 12.4. The molecule has 2 aromatic rings. The van der Waals surface area contributed by atoms with Crippen LogP contribution >= 0.6 is 23.2 Å². The van der Waals surface area contributed by atoms with Crippen LogP contribution in [0, 0.1) is 0 Å². The van der Waals surface area contributed by atoms with Crippen molar-refractivity contribution in [1.29, 1.82) is 0 Å². The highest BCUT2D eigenvalue weighted by Gasteiger charge is 2.20. The molecule has 1 heterocycles. The zero-order valence-corrected chi connectivity index (χ0v) is 16.4. The number of aryl methyl sites for hydroxylation is 1. The third-order valence-corrected chi connectivity index (χ3v) is 4.73. The van der Waals surface area contributed by atoms with Crippen molar-refractivity contribution in [3.8, 4) is 0 Å². The second kappa shape index (κ2) is 8.68. The van der Waals surface area contributed by atoms with E-state index in [0.717, 1.165) is 5.56 Å². The Hall–Kier alpha value is -1.59. The molecule has 5 nitrogen and oxygen atoms in total. The van der Waals surface area contributed by atoms with E-state index in [2.05, 4.69) is 10.1 Å². The van der Waals surface area contributed by atoms with Crippen LogP contribution in [-0.2, 0) is 11.2 Å². The predicted octanol–water partition coefficient (Wildman–Crippen LogP) is 5.04. The average molecular weight is 384 g/mol. The van der Waals surface area contributed by atoms with Gasteiger partial charge in [-0.3, -0.25) is 4.79 Å². The van der Waals surface area contributed by atoms with E-state index in [1.54, 1.807) is 24.1 Å². The Kier molecular flexibility index (Phi) is 6.85. The minimum atomic E-state index is -0.131. The van der Waals surface area contributed by atoms with E-state index in [1.165, 1.54) is 0 Å². The number of amides is 1. The number of hydrogen-bond acceptors (Lipinski definition) is 4. The molecule has 0 spiro atoms. The Balaban J connectivity index is 1.88. The largest absolute Gasteiger partial charge is 0.339 e. The average Bonchev–Trinajstić information content (AvgIpc) is 3.02. The van der Waals surface area contributed by atoms with Crippen LogP contribution in [0.4, 0.5) is 0 Å². The Morgan fingerprint density at radius 2 is 2.00 bits per heavy atom. The minimum Gasteiger partial charge on any atom is -0.339 e. The molecule has 1 unspecified atom stereocenters. The van der Waals surface area contributed by atoms with Gasteiger partial charge in [-0.25, -0.2) is 0 Å². The van der Waals surface area contributed by atoms with Crippen LogP contribution in [0.3, 0.4) is 0 Å². The molecule has 0 saturated carbocycles. The van der Waals surface area contributed by atoms with Crippen molar-refractivity contribution in [3.63, 3.8) is 0 Å². The number of carbonyl (C=O) groups excluding carboxylic acids is 1. The molecule has 25 heavy (non-hydrogen) atoms. The summed E-state index contributed by atoms with van der Waals surface area (Å²) in [5.74, 6) is 1.55. The summed E-state index contributed by atoms with van der Waals surface area (Å²) >= 11 is 12.2. The second-order valence-electron chi connectivity index (χ2n) is 6.40. The van der Waals surface area contributed by atoms with Gasteiger partial charge in [0, 0.05) is 35.9 Å². The number of nitrogens with zero attached hydrogens (tertiary/aromatic N) is 3.